The molecule has 1 atom stereocenters. The summed E-state index contributed by atoms with van der Waals surface area (Å²) in [6, 6.07) is -0.270. The Balaban J connectivity index is 2.24. The number of nitrogens with one attached hydrogen (secondary N) is 2. The predicted octanol–water partition coefficient (Wildman–Crippen LogP) is 1.02. The Hall–Kier alpha value is -1.56. The molecule has 3 N–H and O–H groups in total. The van der Waals surface area contributed by atoms with Crippen LogP contribution in [0.2, 0.25) is 0 Å². The van der Waals surface area contributed by atoms with Gasteiger partial charge in [0.05, 0.1) is 12.3 Å². The minimum absolute atomic E-state index is 0.235. The fraction of sp³-hybridized carbons (Fsp3) is 0.692. The van der Waals surface area contributed by atoms with Gasteiger partial charge in [0, 0.05) is 31.9 Å². The fourth-order valence-corrected chi connectivity index (χ4v) is 2.00. The lowest BCUT2D eigenvalue weighted by molar-refractivity contribution is 0.103. The quantitative estimate of drug-likeness (QED) is 0.690. The molecule has 0 fully saturated rings. The topological polar surface area (TPSA) is 79.2 Å². The Morgan fingerprint density at radius 3 is 2.63 bits per heavy atom. The first-order chi connectivity index (χ1) is 9.06. The monoisotopic (exact) mass is 268 g/mol. The van der Waals surface area contributed by atoms with Crippen LogP contribution in [0, 0.1) is 5.92 Å². The fourth-order valence-electron chi connectivity index (χ4n) is 2.00. The Kier molecular flexibility index (Phi) is 6.35. The molecular weight excluding hydrogens is 244 g/mol. The van der Waals surface area contributed by atoms with E-state index in [2.05, 4.69) is 15.7 Å². The number of aromatic nitrogens is 2. The number of rotatable bonds is 7. The highest BCUT2D eigenvalue weighted by Gasteiger charge is 2.15. The van der Waals surface area contributed by atoms with Gasteiger partial charge >= 0.3 is 6.03 Å². The molecule has 1 heterocycles. The van der Waals surface area contributed by atoms with Gasteiger partial charge in [-0.2, -0.15) is 5.10 Å². The molecule has 0 saturated heterocycles. The van der Waals surface area contributed by atoms with Crippen molar-refractivity contribution in [2.75, 3.05) is 6.54 Å². The first kappa shape index (κ1) is 15.5. The maximum absolute atomic E-state index is 11.6. The molecule has 0 bridgehead atoms. The third-order valence-corrected chi connectivity index (χ3v) is 3.28. The molecule has 19 heavy (non-hydrogen) atoms. The minimum Gasteiger partial charge on any atom is -0.391 e. The zero-order valence-electron chi connectivity index (χ0n) is 11.9. The Labute approximate surface area is 114 Å². The van der Waals surface area contributed by atoms with Gasteiger partial charge in [0.25, 0.3) is 0 Å². The van der Waals surface area contributed by atoms with Crippen LogP contribution in [0.4, 0.5) is 4.79 Å². The highest BCUT2D eigenvalue weighted by Crippen LogP contribution is 2.12. The molecule has 1 aromatic rings. The smallest absolute Gasteiger partial charge is 0.315 e. The molecule has 6 nitrogen and oxygen atoms in total. The van der Waals surface area contributed by atoms with E-state index in [-0.39, 0.29) is 18.5 Å². The van der Waals surface area contributed by atoms with Crippen LogP contribution in [0.5, 0.6) is 0 Å². The summed E-state index contributed by atoms with van der Waals surface area (Å²) in [5.74, 6) is 0.235. The van der Waals surface area contributed by atoms with Crippen LogP contribution in [0.3, 0.4) is 0 Å². The number of urea groups is 1. The van der Waals surface area contributed by atoms with Gasteiger partial charge in [0.1, 0.15) is 0 Å². The van der Waals surface area contributed by atoms with Gasteiger partial charge in [-0.3, -0.25) is 4.68 Å². The van der Waals surface area contributed by atoms with Gasteiger partial charge < -0.3 is 15.7 Å². The van der Waals surface area contributed by atoms with Crippen LogP contribution in [-0.2, 0) is 13.6 Å². The predicted molar refractivity (Wildman–Crippen MR) is 73.5 cm³/mol. The average molecular weight is 268 g/mol. The van der Waals surface area contributed by atoms with Gasteiger partial charge in [-0.1, -0.05) is 26.7 Å². The van der Waals surface area contributed by atoms with Gasteiger partial charge in [0.15, 0.2) is 0 Å². The van der Waals surface area contributed by atoms with Crippen LogP contribution in [-0.4, -0.2) is 33.6 Å². The number of aliphatic hydroxyl groups is 1. The molecule has 0 aliphatic heterocycles. The lowest BCUT2D eigenvalue weighted by atomic mass is 9.97. The summed E-state index contributed by atoms with van der Waals surface area (Å²) in [5, 5.41) is 19.3. The standard InChI is InChI=1S/C13H24N4O2/c1-4-11(5-2)12(18)8-15-13(19)14-6-10-7-16-17(3)9-10/h7,9,11-12,18H,4-6,8H2,1-3H3,(H2,14,15,19). The van der Waals surface area contributed by atoms with E-state index in [4.69, 9.17) is 0 Å². The number of carbonyl (C=O) groups is 1. The van der Waals surface area contributed by atoms with Crippen molar-refractivity contribution in [2.24, 2.45) is 13.0 Å². The number of aliphatic hydroxyl groups excluding tert-OH is 1. The van der Waals surface area contributed by atoms with Crippen LogP contribution < -0.4 is 10.6 Å². The summed E-state index contributed by atoms with van der Waals surface area (Å²) < 4.78 is 1.69. The van der Waals surface area contributed by atoms with Crippen molar-refractivity contribution in [2.45, 2.75) is 39.3 Å². The summed E-state index contributed by atoms with van der Waals surface area (Å²) in [6.45, 7) is 4.80. The molecule has 0 saturated carbocycles. The molecule has 0 aromatic carbocycles. The first-order valence-corrected chi connectivity index (χ1v) is 6.74. The largest absolute Gasteiger partial charge is 0.391 e. The van der Waals surface area contributed by atoms with E-state index in [1.807, 2.05) is 27.1 Å². The van der Waals surface area contributed by atoms with Crippen LogP contribution in [0.1, 0.15) is 32.3 Å². The zero-order chi connectivity index (χ0) is 14.3. The molecule has 0 spiro atoms. The van der Waals surface area contributed by atoms with Crippen molar-refractivity contribution in [3.8, 4) is 0 Å². The zero-order valence-corrected chi connectivity index (χ0v) is 11.9. The van der Waals surface area contributed by atoms with E-state index in [1.165, 1.54) is 0 Å². The Bertz CT molecular complexity index is 388. The van der Waals surface area contributed by atoms with Gasteiger partial charge in [-0.25, -0.2) is 4.79 Å². The molecule has 1 aromatic heterocycles. The molecule has 1 unspecified atom stereocenters. The number of nitrogens with zero attached hydrogens (tertiary/aromatic N) is 2. The molecular formula is C13H24N4O2. The molecule has 0 aliphatic rings. The van der Waals surface area contributed by atoms with Crippen molar-refractivity contribution in [1.82, 2.24) is 20.4 Å². The average Bonchev–Trinajstić information content (AvgIpc) is 2.81. The van der Waals surface area contributed by atoms with E-state index in [0.717, 1.165) is 18.4 Å². The highest BCUT2D eigenvalue weighted by molar-refractivity contribution is 5.73. The van der Waals surface area contributed by atoms with E-state index in [9.17, 15) is 9.90 Å². The number of hydrogen-bond acceptors (Lipinski definition) is 3. The summed E-state index contributed by atoms with van der Waals surface area (Å²) >= 11 is 0. The summed E-state index contributed by atoms with van der Waals surface area (Å²) in [5.41, 5.74) is 0.943. The lowest BCUT2D eigenvalue weighted by Gasteiger charge is -2.20. The summed E-state index contributed by atoms with van der Waals surface area (Å²) in [7, 11) is 1.83. The number of aryl methyl sites for hydroxylation is 1. The van der Waals surface area contributed by atoms with Gasteiger partial charge in [-0.15, -0.1) is 0 Å². The van der Waals surface area contributed by atoms with Crippen molar-refractivity contribution in [3.63, 3.8) is 0 Å². The Morgan fingerprint density at radius 1 is 1.42 bits per heavy atom. The number of hydrogen-bond donors (Lipinski definition) is 3. The second kappa shape index (κ2) is 7.78. The number of amides is 2. The van der Waals surface area contributed by atoms with E-state index in [1.54, 1.807) is 10.9 Å². The van der Waals surface area contributed by atoms with E-state index >= 15 is 0 Å². The van der Waals surface area contributed by atoms with Crippen molar-refractivity contribution < 1.29 is 9.90 Å². The third-order valence-electron chi connectivity index (χ3n) is 3.28. The SMILES string of the molecule is CCC(CC)C(O)CNC(=O)NCc1cnn(C)c1. The van der Waals surface area contributed by atoms with Gasteiger partial charge in [0.2, 0.25) is 0 Å². The van der Waals surface area contributed by atoms with Gasteiger partial charge in [-0.05, 0) is 5.92 Å². The normalized spacial score (nSPS) is 12.5. The molecule has 108 valence electrons. The van der Waals surface area contributed by atoms with Crippen molar-refractivity contribution in [3.05, 3.63) is 18.0 Å². The second-order valence-corrected chi connectivity index (χ2v) is 4.73. The highest BCUT2D eigenvalue weighted by atomic mass is 16.3. The summed E-state index contributed by atoms with van der Waals surface area (Å²) in [6.07, 6.45) is 4.89. The van der Waals surface area contributed by atoms with E-state index in [0.29, 0.717) is 6.54 Å². The minimum atomic E-state index is -0.487. The second-order valence-electron chi connectivity index (χ2n) is 4.73. The van der Waals surface area contributed by atoms with E-state index < -0.39 is 6.10 Å². The van der Waals surface area contributed by atoms with Crippen LogP contribution in [0.15, 0.2) is 12.4 Å². The van der Waals surface area contributed by atoms with Crippen molar-refractivity contribution in [1.29, 1.82) is 0 Å². The molecule has 0 aliphatic carbocycles. The van der Waals surface area contributed by atoms with Crippen molar-refractivity contribution >= 4 is 6.03 Å². The van der Waals surface area contributed by atoms with Crippen LogP contribution >= 0.6 is 0 Å². The first-order valence-electron chi connectivity index (χ1n) is 6.74. The molecule has 0 radical (unpaired) electrons. The molecule has 6 heteroatoms. The number of carbonyl (C=O) groups excluding carboxylic acids is 1. The molecule has 2 amide bonds. The van der Waals surface area contributed by atoms with Crippen LogP contribution in [0.25, 0.3) is 0 Å². The summed E-state index contributed by atoms with van der Waals surface area (Å²) in [4.78, 5) is 11.6. The maximum atomic E-state index is 11.6. The Morgan fingerprint density at radius 2 is 2.11 bits per heavy atom. The maximum Gasteiger partial charge on any atom is 0.315 e. The molecule has 1 rings (SSSR count). The third kappa shape index (κ3) is 5.30. The lowest BCUT2D eigenvalue weighted by Crippen LogP contribution is -2.41.